The van der Waals surface area contributed by atoms with Crippen LogP contribution in [0.2, 0.25) is 0 Å². The third kappa shape index (κ3) is 4.09. The molecule has 1 atom stereocenters. The molecule has 0 spiro atoms. The van der Waals surface area contributed by atoms with Crippen LogP contribution in [0.4, 0.5) is 24.5 Å². The Morgan fingerprint density at radius 1 is 1.15 bits per heavy atom. The number of benzene rings is 2. The first-order chi connectivity index (χ1) is 16.4. The van der Waals surface area contributed by atoms with Gasteiger partial charge in [0.05, 0.1) is 0 Å². The first kappa shape index (κ1) is 21.9. The Hall–Kier alpha value is -3.88. The third-order valence-electron chi connectivity index (χ3n) is 6.17. The maximum atomic E-state index is 13.6. The van der Waals surface area contributed by atoms with E-state index >= 15 is 0 Å². The standard InChI is InChI=1S/C25H21F3N4O2/c26-19-11-14(12-20(27)23(19)28)10-15-13-16(4-7-29-15)32-9-6-17-18(2-1-3-22(17)32)24(33)31-21-5-8-30-25(21)34/h1-4,7,11-13,21H,5-6,8-10H2,(H,30,34)(H,31,33). The molecule has 1 fully saturated rings. The fraction of sp³-hybridized carbons (Fsp3) is 0.240. The molecule has 1 unspecified atom stereocenters. The Balaban J connectivity index is 1.38. The molecule has 2 aromatic carbocycles. The van der Waals surface area contributed by atoms with Gasteiger partial charge in [-0.1, -0.05) is 6.07 Å². The maximum Gasteiger partial charge on any atom is 0.252 e. The number of pyridine rings is 1. The second-order valence-electron chi connectivity index (χ2n) is 8.37. The van der Waals surface area contributed by atoms with Crippen molar-refractivity contribution in [1.29, 1.82) is 0 Å². The molecule has 0 aliphatic carbocycles. The molecule has 0 bridgehead atoms. The van der Waals surface area contributed by atoms with Crippen molar-refractivity contribution in [2.45, 2.75) is 25.3 Å². The number of carbonyl (C=O) groups is 2. The summed E-state index contributed by atoms with van der Waals surface area (Å²) in [6.45, 7) is 1.18. The molecular weight excluding hydrogens is 445 g/mol. The highest BCUT2D eigenvalue weighted by molar-refractivity contribution is 6.00. The van der Waals surface area contributed by atoms with Gasteiger partial charge in [0.15, 0.2) is 17.5 Å². The molecule has 1 aromatic heterocycles. The van der Waals surface area contributed by atoms with Gasteiger partial charge in [-0.2, -0.15) is 0 Å². The van der Waals surface area contributed by atoms with Gasteiger partial charge in [-0.25, -0.2) is 13.2 Å². The number of rotatable bonds is 5. The molecule has 5 rings (SSSR count). The zero-order valence-electron chi connectivity index (χ0n) is 18.1. The van der Waals surface area contributed by atoms with Crippen LogP contribution in [-0.2, 0) is 17.6 Å². The van der Waals surface area contributed by atoms with E-state index in [9.17, 15) is 22.8 Å². The van der Waals surface area contributed by atoms with Gasteiger partial charge in [0, 0.05) is 48.3 Å². The van der Waals surface area contributed by atoms with E-state index in [-0.39, 0.29) is 23.8 Å². The summed E-state index contributed by atoms with van der Waals surface area (Å²) in [6, 6.07) is 10.5. The number of carbonyl (C=O) groups excluding carboxylic acids is 2. The fourth-order valence-corrected chi connectivity index (χ4v) is 4.53. The van der Waals surface area contributed by atoms with Crippen LogP contribution in [0.5, 0.6) is 0 Å². The van der Waals surface area contributed by atoms with Gasteiger partial charge in [0.2, 0.25) is 5.91 Å². The van der Waals surface area contributed by atoms with E-state index in [1.54, 1.807) is 18.3 Å². The van der Waals surface area contributed by atoms with E-state index in [1.807, 2.05) is 23.1 Å². The summed E-state index contributed by atoms with van der Waals surface area (Å²) in [5.41, 5.74) is 3.96. The number of amides is 2. The Morgan fingerprint density at radius 3 is 2.68 bits per heavy atom. The predicted octanol–water partition coefficient (Wildman–Crippen LogP) is 3.40. The zero-order chi connectivity index (χ0) is 23.8. The normalized spacial score (nSPS) is 17.0. The number of nitrogens with one attached hydrogen (secondary N) is 2. The summed E-state index contributed by atoms with van der Waals surface area (Å²) in [4.78, 5) is 31.0. The minimum atomic E-state index is -1.49. The van der Waals surface area contributed by atoms with Crippen molar-refractivity contribution in [2.75, 3.05) is 18.0 Å². The molecule has 2 aliphatic heterocycles. The second kappa shape index (κ2) is 8.81. The van der Waals surface area contributed by atoms with Crippen molar-refractivity contribution in [1.82, 2.24) is 15.6 Å². The lowest BCUT2D eigenvalue weighted by molar-refractivity contribution is -0.120. The smallest absolute Gasteiger partial charge is 0.252 e. The largest absolute Gasteiger partial charge is 0.354 e. The molecule has 6 nitrogen and oxygen atoms in total. The first-order valence-electron chi connectivity index (χ1n) is 11.0. The summed E-state index contributed by atoms with van der Waals surface area (Å²) in [6.07, 6.45) is 2.94. The predicted molar refractivity (Wildman–Crippen MR) is 119 cm³/mol. The van der Waals surface area contributed by atoms with E-state index in [4.69, 9.17) is 0 Å². The first-order valence-corrected chi connectivity index (χ1v) is 11.0. The fourth-order valence-electron chi connectivity index (χ4n) is 4.53. The molecule has 174 valence electrons. The molecular formula is C25H21F3N4O2. The van der Waals surface area contributed by atoms with Gasteiger partial charge in [0.25, 0.3) is 5.91 Å². The number of halogens is 3. The highest BCUT2D eigenvalue weighted by Crippen LogP contribution is 2.36. The SMILES string of the molecule is O=C(NC1CCNC1=O)c1cccc2c1CCN2c1ccnc(Cc2cc(F)c(F)c(F)c2)c1. The van der Waals surface area contributed by atoms with Crippen LogP contribution in [0.3, 0.4) is 0 Å². The van der Waals surface area contributed by atoms with Crippen molar-refractivity contribution in [3.05, 3.63) is 88.5 Å². The molecule has 34 heavy (non-hydrogen) atoms. The second-order valence-corrected chi connectivity index (χ2v) is 8.37. The molecule has 0 saturated carbocycles. The van der Waals surface area contributed by atoms with Crippen LogP contribution in [0.1, 0.15) is 33.6 Å². The van der Waals surface area contributed by atoms with Crippen LogP contribution < -0.4 is 15.5 Å². The molecule has 3 aromatic rings. The molecule has 2 aliphatic rings. The highest BCUT2D eigenvalue weighted by Gasteiger charge is 2.29. The summed E-state index contributed by atoms with van der Waals surface area (Å²) in [7, 11) is 0. The van der Waals surface area contributed by atoms with Gasteiger partial charge in [0.1, 0.15) is 6.04 Å². The lowest BCUT2D eigenvalue weighted by Gasteiger charge is -2.20. The quantitative estimate of drug-likeness (QED) is 0.566. The number of hydrogen-bond acceptors (Lipinski definition) is 4. The van der Waals surface area contributed by atoms with Gasteiger partial charge < -0.3 is 15.5 Å². The summed E-state index contributed by atoms with van der Waals surface area (Å²) >= 11 is 0. The lowest BCUT2D eigenvalue weighted by atomic mass is 10.0. The minimum absolute atomic E-state index is 0.133. The van der Waals surface area contributed by atoms with Crippen LogP contribution in [0, 0.1) is 17.5 Å². The molecule has 0 radical (unpaired) electrons. The molecule has 3 heterocycles. The Labute approximate surface area is 193 Å². The topological polar surface area (TPSA) is 74.3 Å². The average molecular weight is 466 g/mol. The average Bonchev–Trinajstić information content (AvgIpc) is 3.43. The van der Waals surface area contributed by atoms with E-state index in [1.165, 1.54) is 0 Å². The van der Waals surface area contributed by atoms with E-state index in [0.717, 1.165) is 29.1 Å². The monoisotopic (exact) mass is 466 g/mol. The number of fused-ring (bicyclic) bond motifs is 1. The maximum absolute atomic E-state index is 13.6. The molecule has 2 amide bonds. The minimum Gasteiger partial charge on any atom is -0.354 e. The molecule has 1 saturated heterocycles. The number of aromatic nitrogens is 1. The number of hydrogen-bond donors (Lipinski definition) is 2. The van der Waals surface area contributed by atoms with Gasteiger partial charge >= 0.3 is 0 Å². The summed E-state index contributed by atoms with van der Waals surface area (Å²) in [5.74, 6) is -4.42. The van der Waals surface area contributed by atoms with Crippen molar-refractivity contribution in [3.8, 4) is 0 Å². The van der Waals surface area contributed by atoms with Crippen molar-refractivity contribution in [3.63, 3.8) is 0 Å². The third-order valence-corrected chi connectivity index (χ3v) is 6.17. The zero-order valence-corrected chi connectivity index (χ0v) is 18.1. The Kier molecular flexibility index (Phi) is 5.69. The Bertz CT molecular complexity index is 1270. The van der Waals surface area contributed by atoms with Crippen molar-refractivity contribution >= 4 is 23.2 Å². The number of anilines is 2. The van der Waals surface area contributed by atoms with Gasteiger partial charge in [-0.3, -0.25) is 14.6 Å². The van der Waals surface area contributed by atoms with E-state index in [0.29, 0.717) is 37.2 Å². The number of nitrogens with zero attached hydrogens (tertiary/aromatic N) is 2. The van der Waals surface area contributed by atoms with Crippen molar-refractivity contribution < 1.29 is 22.8 Å². The summed E-state index contributed by atoms with van der Waals surface area (Å²) < 4.78 is 40.4. The lowest BCUT2D eigenvalue weighted by Crippen LogP contribution is -2.40. The van der Waals surface area contributed by atoms with E-state index in [2.05, 4.69) is 15.6 Å². The van der Waals surface area contributed by atoms with Crippen LogP contribution in [-0.4, -0.2) is 35.9 Å². The van der Waals surface area contributed by atoms with Crippen LogP contribution in [0.25, 0.3) is 0 Å². The Morgan fingerprint density at radius 2 is 1.94 bits per heavy atom. The summed E-state index contributed by atoms with van der Waals surface area (Å²) in [5, 5.41) is 5.52. The van der Waals surface area contributed by atoms with Crippen LogP contribution in [0.15, 0.2) is 48.7 Å². The van der Waals surface area contributed by atoms with Crippen LogP contribution >= 0.6 is 0 Å². The van der Waals surface area contributed by atoms with Gasteiger partial charge in [-0.05, 0) is 60.4 Å². The molecule has 2 N–H and O–H groups in total. The highest BCUT2D eigenvalue weighted by atomic mass is 19.2. The molecule has 9 heteroatoms. The van der Waals surface area contributed by atoms with Gasteiger partial charge in [-0.15, -0.1) is 0 Å². The van der Waals surface area contributed by atoms with Crippen molar-refractivity contribution in [2.24, 2.45) is 0 Å². The van der Waals surface area contributed by atoms with E-state index < -0.39 is 23.5 Å².